The van der Waals surface area contributed by atoms with Crippen molar-refractivity contribution < 1.29 is 0 Å². The number of hydrogen-bond acceptors (Lipinski definition) is 3. The number of aryl methyl sites for hydroxylation is 3. The third-order valence-electron chi connectivity index (χ3n) is 2.93. The standard InChI is InChI=1S/C13H15BrN2S/c1-6-5-7(2)11(14)8(3)10(6)12-9(4)17-13(15)16-12/h5H,1-4H3,(H2,15,16). The van der Waals surface area contributed by atoms with Gasteiger partial charge in [-0.3, -0.25) is 0 Å². The molecule has 1 aromatic heterocycles. The average molecular weight is 311 g/mol. The maximum Gasteiger partial charge on any atom is 0.180 e. The first-order valence-electron chi connectivity index (χ1n) is 5.41. The molecule has 0 radical (unpaired) electrons. The van der Waals surface area contributed by atoms with Crippen molar-refractivity contribution in [2.24, 2.45) is 0 Å². The molecule has 0 aliphatic rings. The molecule has 0 aliphatic heterocycles. The average Bonchev–Trinajstić information content (AvgIpc) is 2.55. The summed E-state index contributed by atoms with van der Waals surface area (Å²) in [4.78, 5) is 5.62. The monoisotopic (exact) mass is 310 g/mol. The minimum atomic E-state index is 0.632. The van der Waals surface area contributed by atoms with Gasteiger partial charge in [0.15, 0.2) is 5.13 Å². The smallest absolute Gasteiger partial charge is 0.180 e. The first-order chi connectivity index (χ1) is 7.91. The maximum absolute atomic E-state index is 5.78. The summed E-state index contributed by atoms with van der Waals surface area (Å²) in [7, 11) is 0. The molecule has 0 aliphatic carbocycles. The van der Waals surface area contributed by atoms with E-state index in [-0.39, 0.29) is 0 Å². The predicted molar refractivity (Wildman–Crippen MR) is 78.6 cm³/mol. The van der Waals surface area contributed by atoms with Gasteiger partial charge in [-0.2, -0.15) is 0 Å². The zero-order chi connectivity index (χ0) is 12.7. The van der Waals surface area contributed by atoms with Crippen LogP contribution < -0.4 is 5.73 Å². The van der Waals surface area contributed by atoms with Crippen molar-refractivity contribution in [2.75, 3.05) is 5.73 Å². The Labute approximate surface area is 114 Å². The highest BCUT2D eigenvalue weighted by atomic mass is 79.9. The molecule has 0 saturated heterocycles. The molecule has 2 nitrogen and oxygen atoms in total. The zero-order valence-electron chi connectivity index (χ0n) is 10.4. The quantitative estimate of drug-likeness (QED) is 0.848. The van der Waals surface area contributed by atoms with Gasteiger partial charge in [0, 0.05) is 14.9 Å². The maximum atomic E-state index is 5.78. The molecule has 2 aromatic rings. The molecule has 0 saturated carbocycles. The summed E-state index contributed by atoms with van der Waals surface area (Å²) >= 11 is 5.18. The summed E-state index contributed by atoms with van der Waals surface area (Å²) in [5.74, 6) is 0. The Bertz CT molecular complexity index is 588. The van der Waals surface area contributed by atoms with Crippen LogP contribution in [0.2, 0.25) is 0 Å². The number of thiazole rings is 1. The minimum absolute atomic E-state index is 0.632. The molecule has 0 amide bonds. The Hall–Kier alpha value is -0.870. The number of nitrogens with zero attached hydrogens (tertiary/aromatic N) is 1. The van der Waals surface area contributed by atoms with Gasteiger partial charge in [-0.15, -0.1) is 11.3 Å². The fraction of sp³-hybridized carbons (Fsp3) is 0.308. The number of hydrogen-bond donors (Lipinski definition) is 1. The van der Waals surface area contributed by atoms with Crippen LogP contribution in [-0.4, -0.2) is 4.98 Å². The molecule has 1 heterocycles. The SMILES string of the molecule is Cc1cc(C)c(-c2nc(N)sc2C)c(C)c1Br. The van der Waals surface area contributed by atoms with Gasteiger partial charge in [-0.1, -0.05) is 22.0 Å². The van der Waals surface area contributed by atoms with Crippen LogP contribution in [0.15, 0.2) is 10.5 Å². The number of nitrogen functional groups attached to an aromatic ring is 1. The van der Waals surface area contributed by atoms with Gasteiger partial charge in [0.1, 0.15) is 0 Å². The number of nitrogens with two attached hydrogens (primary N) is 1. The molecule has 2 N–H and O–H groups in total. The fourth-order valence-electron chi connectivity index (χ4n) is 2.17. The summed E-state index contributed by atoms with van der Waals surface area (Å²) in [6.45, 7) is 8.41. The molecule has 2 rings (SSSR count). The highest BCUT2D eigenvalue weighted by Crippen LogP contribution is 2.37. The van der Waals surface area contributed by atoms with E-state index < -0.39 is 0 Å². The predicted octanol–water partition coefficient (Wildman–Crippen LogP) is 4.39. The Balaban J connectivity index is 2.76. The van der Waals surface area contributed by atoms with Gasteiger partial charge in [-0.05, 0) is 44.4 Å². The number of benzene rings is 1. The summed E-state index contributed by atoms with van der Waals surface area (Å²) in [6, 6.07) is 2.18. The molecule has 0 bridgehead atoms. The summed E-state index contributed by atoms with van der Waals surface area (Å²) in [6.07, 6.45) is 0. The molecule has 0 atom stereocenters. The molecule has 17 heavy (non-hydrogen) atoms. The molecule has 0 unspecified atom stereocenters. The summed E-state index contributed by atoms with van der Waals surface area (Å²) < 4.78 is 1.16. The van der Waals surface area contributed by atoms with Crippen molar-refractivity contribution in [2.45, 2.75) is 27.7 Å². The number of halogens is 1. The molecule has 0 spiro atoms. The van der Waals surface area contributed by atoms with Gasteiger partial charge in [0.05, 0.1) is 5.69 Å². The van der Waals surface area contributed by atoms with E-state index in [1.807, 2.05) is 0 Å². The second-order valence-electron chi connectivity index (χ2n) is 4.28. The van der Waals surface area contributed by atoms with Crippen LogP contribution in [0.4, 0.5) is 5.13 Å². The van der Waals surface area contributed by atoms with Crippen LogP contribution in [0.3, 0.4) is 0 Å². The van der Waals surface area contributed by atoms with E-state index in [0.29, 0.717) is 5.13 Å². The Morgan fingerprint density at radius 3 is 2.35 bits per heavy atom. The number of rotatable bonds is 1. The van der Waals surface area contributed by atoms with E-state index in [9.17, 15) is 0 Å². The van der Waals surface area contributed by atoms with Gasteiger partial charge >= 0.3 is 0 Å². The summed E-state index contributed by atoms with van der Waals surface area (Å²) in [5.41, 5.74) is 11.7. The number of anilines is 1. The van der Waals surface area contributed by atoms with Gasteiger partial charge in [0.2, 0.25) is 0 Å². The third kappa shape index (κ3) is 2.11. The van der Waals surface area contributed by atoms with Gasteiger partial charge in [-0.25, -0.2) is 4.98 Å². The molecule has 90 valence electrons. The lowest BCUT2D eigenvalue weighted by Crippen LogP contribution is -1.94. The fourth-order valence-corrected chi connectivity index (χ4v) is 3.18. The van der Waals surface area contributed by atoms with Crippen molar-refractivity contribution in [3.63, 3.8) is 0 Å². The second-order valence-corrected chi connectivity index (χ2v) is 6.31. The van der Waals surface area contributed by atoms with Crippen LogP contribution in [-0.2, 0) is 0 Å². The van der Waals surface area contributed by atoms with Crippen LogP contribution in [0, 0.1) is 27.7 Å². The van der Waals surface area contributed by atoms with Gasteiger partial charge in [0.25, 0.3) is 0 Å². The minimum Gasteiger partial charge on any atom is -0.375 e. The normalized spacial score (nSPS) is 10.9. The lowest BCUT2D eigenvalue weighted by molar-refractivity contribution is 1.26. The van der Waals surface area contributed by atoms with Crippen LogP contribution in [0.1, 0.15) is 21.6 Å². The van der Waals surface area contributed by atoms with E-state index >= 15 is 0 Å². The Morgan fingerprint density at radius 1 is 1.18 bits per heavy atom. The third-order valence-corrected chi connectivity index (χ3v) is 4.95. The molecule has 4 heteroatoms. The van der Waals surface area contributed by atoms with Crippen molar-refractivity contribution >= 4 is 32.4 Å². The molecule has 0 fully saturated rings. The Kier molecular flexibility index (Phi) is 3.27. The largest absolute Gasteiger partial charge is 0.375 e. The first-order valence-corrected chi connectivity index (χ1v) is 7.02. The molecular weight excluding hydrogens is 296 g/mol. The van der Waals surface area contributed by atoms with Crippen molar-refractivity contribution in [1.82, 2.24) is 4.98 Å². The van der Waals surface area contributed by atoms with E-state index in [1.165, 1.54) is 27.1 Å². The van der Waals surface area contributed by atoms with Crippen LogP contribution in [0.25, 0.3) is 11.3 Å². The molecule has 1 aromatic carbocycles. The van der Waals surface area contributed by atoms with Gasteiger partial charge < -0.3 is 5.73 Å². The zero-order valence-corrected chi connectivity index (χ0v) is 12.8. The van der Waals surface area contributed by atoms with E-state index in [1.54, 1.807) is 11.3 Å². The Morgan fingerprint density at radius 2 is 1.82 bits per heavy atom. The topological polar surface area (TPSA) is 38.9 Å². The highest BCUT2D eigenvalue weighted by molar-refractivity contribution is 9.10. The van der Waals surface area contributed by atoms with Crippen molar-refractivity contribution in [3.05, 3.63) is 32.1 Å². The van der Waals surface area contributed by atoms with Crippen LogP contribution >= 0.6 is 27.3 Å². The second kappa shape index (κ2) is 4.42. The lowest BCUT2D eigenvalue weighted by Gasteiger charge is -2.13. The van der Waals surface area contributed by atoms with E-state index in [4.69, 9.17) is 5.73 Å². The lowest BCUT2D eigenvalue weighted by atomic mass is 9.97. The number of aromatic nitrogens is 1. The van der Waals surface area contributed by atoms with Crippen molar-refractivity contribution in [3.8, 4) is 11.3 Å². The highest BCUT2D eigenvalue weighted by Gasteiger charge is 2.16. The van der Waals surface area contributed by atoms with E-state index in [2.05, 4.69) is 54.7 Å². The first kappa shape index (κ1) is 12.6. The van der Waals surface area contributed by atoms with Crippen LogP contribution in [0.5, 0.6) is 0 Å². The molecular formula is C13H15BrN2S. The van der Waals surface area contributed by atoms with Crippen molar-refractivity contribution in [1.29, 1.82) is 0 Å². The van der Waals surface area contributed by atoms with E-state index in [0.717, 1.165) is 10.2 Å². The summed E-state index contributed by atoms with van der Waals surface area (Å²) in [5, 5.41) is 0.632.